The molecule has 1 N–H and O–H groups in total. The van der Waals surface area contributed by atoms with E-state index < -0.39 is 12.1 Å². The molecule has 0 saturated carbocycles. The van der Waals surface area contributed by atoms with Gasteiger partial charge in [0.1, 0.15) is 29.8 Å². The minimum Gasteiger partial charge on any atom is -0.490 e. The minimum atomic E-state index is -0.814. The predicted molar refractivity (Wildman–Crippen MR) is 138 cm³/mol. The lowest BCUT2D eigenvalue weighted by Crippen LogP contribution is -2.49. The summed E-state index contributed by atoms with van der Waals surface area (Å²) in [6, 6.07) is 8.47. The number of benzene rings is 2. The van der Waals surface area contributed by atoms with Gasteiger partial charge in [-0.25, -0.2) is 4.79 Å². The van der Waals surface area contributed by atoms with Gasteiger partial charge in [0.15, 0.2) is 0 Å². The molecule has 1 saturated heterocycles. The molecule has 9 nitrogen and oxygen atoms in total. The highest BCUT2D eigenvalue weighted by atomic mass is 35.5. The monoisotopic (exact) mass is 552 g/mol. The van der Waals surface area contributed by atoms with Crippen LogP contribution in [0.4, 0.5) is 0 Å². The van der Waals surface area contributed by atoms with Gasteiger partial charge in [-0.2, -0.15) is 0 Å². The van der Waals surface area contributed by atoms with Crippen LogP contribution in [0.2, 0.25) is 10.0 Å². The molecule has 0 aliphatic carbocycles. The molecule has 1 fully saturated rings. The Labute approximate surface area is 225 Å². The Morgan fingerprint density at radius 1 is 1.16 bits per heavy atom. The van der Waals surface area contributed by atoms with E-state index >= 15 is 0 Å². The first-order valence-electron chi connectivity index (χ1n) is 12.0. The van der Waals surface area contributed by atoms with E-state index in [2.05, 4.69) is 9.79 Å². The lowest BCUT2D eigenvalue weighted by atomic mass is 9.87. The lowest BCUT2D eigenvalue weighted by Gasteiger charge is -2.39. The van der Waals surface area contributed by atoms with Crippen LogP contribution in [0.25, 0.3) is 0 Å². The van der Waals surface area contributed by atoms with Crippen LogP contribution in [0, 0.1) is 0 Å². The first kappa shape index (κ1) is 27.3. The highest BCUT2D eigenvalue weighted by Crippen LogP contribution is 2.42. The Bertz CT molecular complexity index is 1170. The molecule has 1 spiro atoms. The average molecular weight is 553 g/mol. The molecule has 0 bridgehead atoms. The van der Waals surface area contributed by atoms with E-state index in [4.69, 9.17) is 37.6 Å². The van der Waals surface area contributed by atoms with E-state index in [-0.39, 0.29) is 40.2 Å². The van der Waals surface area contributed by atoms with Gasteiger partial charge in [0, 0.05) is 71.0 Å². The molecule has 0 radical (unpaired) electrons. The van der Waals surface area contributed by atoms with Crippen LogP contribution in [0.5, 0.6) is 17.2 Å². The number of halogens is 2. The highest BCUT2D eigenvalue weighted by Gasteiger charge is 2.42. The van der Waals surface area contributed by atoms with Crippen LogP contribution >= 0.6 is 23.2 Å². The van der Waals surface area contributed by atoms with Crippen molar-refractivity contribution in [1.29, 1.82) is 0 Å². The van der Waals surface area contributed by atoms with Gasteiger partial charge in [-0.05, 0) is 29.8 Å². The summed E-state index contributed by atoms with van der Waals surface area (Å²) in [5.74, 6) is 0.0518. The third-order valence-corrected chi connectivity index (χ3v) is 6.98. The Balaban J connectivity index is 1.34. The van der Waals surface area contributed by atoms with Gasteiger partial charge in [0.05, 0.1) is 10.6 Å². The number of hydrogen-bond donors (Lipinski definition) is 1. The molecule has 0 aromatic heterocycles. The maximum Gasteiger partial charge on any atom is 0.352 e. The van der Waals surface area contributed by atoms with Crippen molar-refractivity contribution in [3.05, 3.63) is 51.5 Å². The largest absolute Gasteiger partial charge is 0.490 e. The first-order valence-corrected chi connectivity index (χ1v) is 12.7. The summed E-state index contributed by atoms with van der Waals surface area (Å²) in [6.07, 6.45) is 1.69. The lowest BCUT2D eigenvalue weighted by molar-refractivity contribution is -0.210. The number of likely N-dealkylation sites (tertiary alicyclic amines) is 1. The Kier molecular flexibility index (Phi) is 8.38. The number of nitrogens with zero attached hydrogens (tertiary/aromatic N) is 2. The van der Waals surface area contributed by atoms with Crippen molar-refractivity contribution in [2.45, 2.75) is 37.9 Å². The number of carbonyl (C=O) groups excluding carboxylic acids is 2. The second-order valence-electron chi connectivity index (χ2n) is 9.62. The topological polar surface area (TPSA) is 97.8 Å². The van der Waals surface area contributed by atoms with Gasteiger partial charge in [0.2, 0.25) is 5.75 Å². The van der Waals surface area contributed by atoms with Crippen molar-refractivity contribution in [3.8, 4) is 17.2 Å². The molecule has 2 heterocycles. The minimum absolute atomic E-state index is 0.0110. The van der Waals surface area contributed by atoms with Crippen LogP contribution in [-0.2, 0) is 16.1 Å². The van der Waals surface area contributed by atoms with Crippen LogP contribution in [-0.4, -0.2) is 78.8 Å². The summed E-state index contributed by atoms with van der Waals surface area (Å²) in [4.78, 5) is 36.8. The second-order valence-corrected chi connectivity index (χ2v) is 10.5. The van der Waals surface area contributed by atoms with Crippen LogP contribution in [0.3, 0.4) is 0 Å². The number of carbonyl (C=O) groups is 2. The highest BCUT2D eigenvalue weighted by molar-refractivity contribution is 6.32. The maximum atomic E-state index is 12.7. The fourth-order valence-electron chi connectivity index (χ4n) is 4.59. The molecule has 1 atom stereocenters. The summed E-state index contributed by atoms with van der Waals surface area (Å²) < 4.78 is 12.1. The Hall–Kier alpha value is -2.72. The number of amides is 1. The SMILES string of the molecule is CC(=O)OOc1cc(OC[C@@H](O)CN2CCC3(CC2)Cc2cc(Cl)ccc2O3)c(C(=O)N(C)C)cc1Cl. The number of fused-ring (bicyclic) bond motifs is 1. The summed E-state index contributed by atoms with van der Waals surface area (Å²) in [5.41, 5.74) is 1.10. The molecule has 200 valence electrons. The molecular weight excluding hydrogens is 523 g/mol. The molecule has 2 aliphatic heterocycles. The zero-order valence-corrected chi connectivity index (χ0v) is 22.5. The van der Waals surface area contributed by atoms with E-state index in [1.807, 2.05) is 18.2 Å². The zero-order valence-electron chi connectivity index (χ0n) is 21.0. The standard InChI is InChI=1S/C26H30Cl2N2O7/c1-16(31)36-37-24-12-23(20(11-21(24)28)25(33)29(2)3)34-15-19(32)14-30-8-6-26(7-9-30)13-17-10-18(27)4-5-22(17)35-26/h4-5,10-12,19,32H,6-9,13-15H2,1-3H3/t19-/m0/s1. The fourth-order valence-corrected chi connectivity index (χ4v) is 4.98. The molecule has 11 heteroatoms. The number of hydrogen-bond acceptors (Lipinski definition) is 8. The van der Waals surface area contributed by atoms with E-state index in [1.165, 1.54) is 24.0 Å². The number of piperidine rings is 1. The molecule has 37 heavy (non-hydrogen) atoms. The predicted octanol–water partition coefficient (Wildman–Crippen LogP) is 3.76. The summed E-state index contributed by atoms with van der Waals surface area (Å²) >= 11 is 12.3. The number of aliphatic hydroxyl groups excluding tert-OH is 1. The van der Waals surface area contributed by atoms with Crippen molar-refractivity contribution in [2.24, 2.45) is 0 Å². The van der Waals surface area contributed by atoms with Crippen molar-refractivity contribution < 1.29 is 33.9 Å². The summed E-state index contributed by atoms with van der Waals surface area (Å²) in [6.45, 7) is 3.05. The van der Waals surface area contributed by atoms with E-state index in [9.17, 15) is 14.7 Å². The smallest absolute Gasteiger partial charge is 0.352 e. The number of β-amino-alcohol motifs (C(OH)–C–C–N with tert-alkyl or cyclic N) is 1. The van der Waals surface area contributed by atoms with Crippen molar-refractivity contribution >= 4 is 35.1 Å². The Morgan fingerprint density at radius 3 is 2.57 bits per heavy atom. The average Bonchev–Trinajstić information content (AvgIpc) is 3.20. The molecule has 2 aromatic carbocycles. The van der Waals surface area contributed by atoms with E-state index in [0.717, 1.165) is 43.7 Å². The summed E-state index contributed by atoms with van der Waals surface area (Å²) in [7, 11) is 3.20. The van der Waals surface area contributed by atoms with Crippen LogP contribution in [0.15, 0.2) is 30.3 Å². The first-order chi connectivity index (χ1) is 17.5. The van der Waals surface area contributed by atoms with E-state index in [0.29, 0.717) is 11.6 Å². The van der Waals surface area contributed by atoms with Gasteiger partial charge in [-0.1, -0.05) is 23.2 Å². The number of aliphatic hydroxyl groups is 1. The molecule has 4 rings (SSSR count). The van der Waals surface area contributed by atoms with Crippen LogP contribution < -0.4 is 14.4 Å². The Morgan fingerprint density at radius 2 is 1.89 bits per heavy atom. The molecule has 2 aromatic rings. The van der Waals surface area contributed by atoms with E-state index in [1.54, 1.807) is 14.1 Å². The van der Waals surface area contributed by atoms with Gasteiger partial charge in [-0.3, -0.25) is 14.6 Å². The van der Waals surface area contributed by atoms with Gasteiger partial charge < -0.3 is 24.4 Å². The van der Waals surface area contributed by atoms with Gasteiger partial charge in [-0.15, -0.1) is 0 Å². The molecule has 1 amide bonds. The van der Waals surface area contributed by atoms with Gasteiger partial charge >= 0.3 is 5.97 Å². The molecule has 2 aliphatic rings. The number of rotatable bonds is 8. The maximum absolute atomic E-state index is 12.7. The summed E-state index contributed by atoms with van der Waals surface area (Å²) in [5, 5.41) is 11.5. The third-order valence-electron chi connectivity index (χ3n) is 6.45. The third kappa shape index (κ3) is 6.59. The number of ether oxygens (including phenoxy) is 2. The second kappa shape index (κ2) is 11.3. The van der Waals surface area contributed by atoms with Crippen LogP contribution in [0.1, 0.15) is 35.7 Å². The zero-order chi connectivity index (χ0) is 26.7. The van der Waals surface area contributed by atoms with Crippen molar-refractivity contribution in [3.63, 3.8) is 0 Å². The van der Waals surface area contributed by atoms with Gasteiger partial charge in [0.25, 0.3) is 5.91 Å². The molecular formula is C26H30Cl2N2O7. The quantitative estimate of drug-likeness (QED) is 0.390. The van der Waals surface area contributed by atoms with Crippen molar-refractivity contribution in [1.82, 2.24) is 9.80 Å². The normalized spacial score (nSPS) is 17.0. The fraction of sp³-hybridized carbons (Fsp3) is 0.462. The van der Waals surface area contributed by atoms with Crippen molar-refractivity contribution in [2.75, 3.05) is 40.3 Å². The molecule has 0 unspecified atom stereocenters.